The van der Waals surface area contributed by atoms with Gasteiger partial charge in [-0.05, 0) is 64.0 Å². The smallest absolute Gasteiger partial charge is 0.248 e. The van der Waals surface area contributed by atoms with Gasteiger partial charge in [-0.15, -0.1) is 0 Å². The molecular weight excluding hydrogens is 594 g/mol. The monoisotopic (exact) mass is 639 g/mol. The number of sulfonamides is 1. The highest BCUT2D eigenvalue weighted by Gasteiger charge is 2.29. The molecule has 2 aliphatic heterocycles. The number of amides is 1. The van der Waals surface area contributed by atoms with Crippen LogP contribution in [-0.2, 0) is 26.7 Å². The first kappa shape index (κ1) is 34.1. The average Bonchev–Trinajstić information content (AvgIpc) is 3.64. The molecule has 0 saturated carbocycles. The van der Waals surface area contributed by atoms with Crippen molar-refractivity contribution >= 4 is 55.2 Å². The van der Waals surface area contributed by atoms with Gasteiger partial charge in [0.1, 0.15) is 17.2 Å². The minimum atomic E-state index is -4.12. The number of rotatable bonds is 6. The predicted molar refractivity (Wildman–Crippen MR) is 178 cm³/mol. The van der Waals surface area contributed by atoms with E-state index in [0.717, 1.165) is 37.0 Å². The fourth-order valence-electron chi connectivity index (χ4n) is 5.88. The summed E-state index contributed by atoms with van der Waals surface area (Å²) in [5.74, 6) is 0.902. The summed E-state index contributed by atoms with van der Waals surface area (Å²) in [4.78, 5) is 45.9. The topological polar surface area (TPSA) is 129 Å². The molecule has 1 amide bonds. The van der Waals surface area contributed by atoms with Crippen molar-refractivity contribution in [3.8, 4) is 0 Å². The maximum Gasteiger partial charge on any atom is 0.248 e. The molecule has 2 fully saturated rings. The number of piperazine rings is 1. The Kier molecular flexibility index (Phi) is 11.0. The normalized spacial score (nSPS) is 15.6. The fraction of sp³-hybridized carbons (Fsp3) is 0.500. The number of Topliss-reactive ketones (excluding diaryl/α,β-unsaturated/α-hetero) is 1. The number of carbonyl (C=O) groups is 2. The third kappa shape index (κ3) is 7.21. The number of nitrogens with zero attached hydrogens (tertiary/aromatic N) is 6. The number of ketones is 1. The van der Waals surface area contributed by atoms with E-state index in [0.29, 0.717) is 44.2 Å². The summed E-state index contributed by atoms with van der Waals surface area (Å²) in [6.07, 6.45) is 2.24. The van der Waals surface area contributed by atoms with Crippen LogP contribution in [-0.4, -0.2) is 96.2 Å². The summed E-state index contributed by atoms with van der Waals surface area (Å²) in [7, 11) is -2.35. The fourth-order valence-corrected chi connectivity index (χ4v) is 7.21. The lowest BCUT2D eigenvalue weighted by Crippen LogP contribution is -2.48. The molecule has 13 heteroatoms. The number of hydrogen-bond acceptors (Lipinski definition) is 8. The number of anilines is 1. The molecule has 0 spiro atoms. The van der Waals surface area contributed by atoms with Crippen molar-refractivity contribution in [1.82, 2.24) is 28.5 Å². The Labute approximate surface area is 264 Å². The first-order valence-electron chi connectivity index (χ1n) is 15.6. The van der Waals surface area contributed by atoms with Crippen LogP contribution in [0.2, 0.25) is 0 Å². The number of hydrogen-bond donors (Lipinski definition) is 1. The standard InChI is InChI=1S/C27H33N7O4S.C3H6O.C2H6/c1-19(35)32-15-17-33(18-16-32)23-10-9-20-24(36)25(39(37,38)28-11-14-31-12-5-6-13-31)27-30(2)21-7-3-4-8-22(21)34(27)26(20)29-23;1-3(2)4;1-2/h3-4,7-10,28H,5-6,11-18H2,1-2H3;1-2H3;1-2H3. The van der Waals surface area contributed by atoms with Gasteiger partial charge in [-0.25, -0.2) is 18.1 Å². The van der Waals surface area contributed by atoms with Crippen LogP contribution in [0.15, 0.2) is 46.1 Å². The molecule has 244 valence electrons. The second kappa shape index (κ2) is 14.5. The van der Waals surface area contributed by atoms with Gasteiger partial charge in [0.15, 0.2) is 10.5 Å². The molecule has 3 aromatic heterocycles. The predicted octanol–water partition coefficient (Wildman–Crippen LogP) is 3.00. The number of fused-ring (bicyclic) bond motifs is 5. The SMILES string of the molecule is CC.CC(=O)N1CCN(c2ccc3c(=O)c(S(=O)(=O)NCCN4CCCC4)c4n(C)c5ccccc5n4c3n2)CC1.CC(C)=O. The lowest BCUT2D eigenvalue weighted by Gasteiger charge is -2.35. The molecule has 4 aromatic rings. The molecule has 12 nitrogen and oxygen atoms in total. The summed E-state index contributed by atoms with van der Waals surface area (Å²) < 4.78 is 33.6. The van der Waals surface area contributed by atoms with Gasteiger partial charge < -0.3 is 24.1 Å². The zero-order valence-corrected chi connectivity index (χ0v) is 28.0. The van der Waals surface area contributed by atoms with E-state index in [1.807, 2.05) is 38.1 Å². The molecular formula is C32H45N7O5S. The van der Waals surface area contributed by atoms with Gasteiger partial charge in [-0.1, -0.05) is 26.0 Å². The van der Waals surface area contributed by atoms with E-state index in [-0.39, 0.29) is 34.2 Å². The first-order chi connectivity index (χ1) is 21.5. The van der Waals surface area contributed by atoms with Crippen molar-refractivity contribution in [2.24, 2.45) is 7.05 Å². The first-order valence-corrected chi connectivity index (χ1v) is 17.1. The Balaban J connectivity index is 0.000000713. The molecule has 0 bridgehead atoms. The zero-order chi connectivity index (χ0) is 32.9. The van der Waals surface area contributed by atoms with E-state index in [2.05, 4.69) is 14.5 Å². The van der Waals surface area contributed by atoms with Crippen LogP contribution in [0, 0.1) is 0 Å². The molecule has 0 atom stereocenters. The Morgan fingerprint density at radius 1 is 0.889 bits per heavy atom. The highest BCUT2D eigenvalue weighted by Crippen LogP contribution is 2.28. The van der Waals surface area contributed by atoms with Gasteiger partial charge in [0, 0.05) is 53.2 Å². The summed E-state index contributed by atoms with van der Waals surface area (Å²) in [6, 6.07) is 11.0. The Bertz CT molecular complexity index is 1850. The van der Waals surface area contributed by atoms with Crippen LogP contribution < -0.4 is 15.1 Å². The van der Waals surface area contributed by atoms with Crippen molar-refractivity contribution < 1.29 is 18.0 Å². The molecule has 45 heavy (non-hydrogen) atoms. The number of pyridine rings is 2. The van der Waals surface area contributed by atoms with E-state index in [9.17, 15) is 22.8 Å². The molecule has 2 saturated heterocycles. The molecule has 6 rings (SSSR count). The van der Waals surface area contributed by atoms with Gasteiger partial charge in [0.05, 0.1) is 16.4 Å². The van der Waals surface area contributed by atoms with E-state index in [4.69, 9.17) is 4.98 Å². The van der Waals surface area contributed by atoms with Crippen LogP contribution in [0.5, 0.6) is 0 Å². The maximum atomic E-state index is 13.9. The third-order valence-corrected chi connectivity index (χ3v) is 9.47. The highest BCUT2D eigenvalue weighted by atomic mass is 32.2. The van der Waals surface area contributed by atoms with E-state index < -0.39 is 15.5 Å². The van der Waals surface area contributed by atoms with Gasteiger partial charge in [0.2, 0.25) is 21.4 Å². The van der Waals surface area contributed by atoms with Crippen LogP contribution in [0.1, 0.15) is 47.5 Å². The highest BCUT2D eigenvalue weighted by molar-refractivity contribution is 7.89. The molecule has 0 aliphatic carbocycles. The number of para-hydroxylation sites is 2. The quantitative estimate of drug-likeness (QED) is 0.341. The number of likely N-dealkylation sites (tertiary alicyclic amines) is 1. The molecule has 5 heterocycles. The lowest BCUT2D eigenvalue weighted by molar-refractivity contribution is -0.129. The van der Waals surface area contributed by atoms with Crippen molar-refractivity contribution in [2.75, 3.05) is 57.3 Å². The van der Waals surface area contributed by atoms with Gasteiger partial charge in [-0.3, -0.25) is 14.0 Å². The number of benzene rings is 1. The minimum Gasteiger partial charge on any atom is -0.353 e. The molecule has 0 radical (unpaired) electrons. The minimum absolute atomic E-state index is 0.0490. The third-order valence-electron chi connectivity index (χ3n) is 7.98. The summed E-state index contributed by atoms with van der Waals surface area (Å²) in [5.41, 5.74) is 1.69. The average molecular weight is 640 g/mol. The number of aryl methyl sites for hydroxylation is 1. The Morgan fingerprint density at radius 3 is 2.09 bits per heavy atom. The molecule has 2 aliphatic rings. The van der Waals surface area contributed by atoms with Gasteiger partial charge in [0.25, 0.3) is 0 Å². The summed E-state index contributed by atoms with van der Waals surface area (Å²) >= 11 is 0. The molecule has 1 N–H and O–H groups in total. The maximum absolute atomic E-state index is 13.9. The molecule has 0 unspecified atom stereocenters. The van der Waals surface area contributed by atoms with E-state index >= 15 is 0 Å². The number of nitrogens with one attached hydrogen (secondary N) is 1. The van der Waals surface area contributed by atoms with Crippen LogP contribution in [0.3, 0.4) is 0 Å². The van der Waals surface area contributed by atoms with E-state index in [1.54, 1.807) is 40.0 Å². The summed E-state index contributed by atoms with van der Waals surface area (Å²) in [5, 5.41) is 0.245. The van der Waals surface area contributed by atoms with Crippen molar-refractivity contribution in [3.63, 3.8) is 0 Å². The van der Waals surface area contributed by atoms with Crippen LogP contribution in [0.4, 0.5) is 5.82 Å². The Morgan fingerprint density at radius 2 is 1.49 bits per heavy atom. The van der Waals surface area contributed by atoms with Crippen LogP contribution in [0.25, 0.3) is 27.7 Å². The van der Waals surface area contributed by atoms with Crippen LogP contribution >= 0.6 is 0 Å². The number of aromatic nitrogens is 3. The van der Waals surface area contributed by atoms with Crippen molar-refractivity contribution in [1.29, 1.82) is 0 Å². The number of imidazole rings is 1. The Hall–Kier alpha value is -3.81. The van der Waals surface area contributed by atoms with Gasteiger partial charge in [-0.2, -0.15) is 0 Å². The van der Waals surface area contributed by atoms with Crippen molar-refractivity contribution in [3.05, 3.63) is 46.6 Å². The van der Waals surface area contributed by atoms with Crippen molar-refractivity contribution in [2.45, 2.75) is 52.4 Å². The largest absolute Gasteiger partial charge is 0.353 e. The molecule has 1 aromatic carbocycles. The summed E-state index contributed by atoms with van der Waals surface area (Å²) in [6.45, 7) is 13.8. The van der Waals surface area contributed by atoms with E-state index in [1.165, 1.54) is 13.8 Å². The lowest BCUT2D eigenvalue weighted by atomic mass is 10.2. The second-order valence-electron chi connectivity index (χ2n) is 11.3. The van der Waals surface area contributed by atoms with Gasteiger partial charge >= 0.3 is 0 Å². The zero-order valence-electron chi connectivity index (χ0n) is 27.2. The second-order valence-corrected chi connectivity index (χ2v) is 13.0. The number of carbonyl (C=O) groups excluding carboxylic acids is 2.